The summed E-state index contributed by atoms with van der Waals surface area (Å²) in [6.45, 7) is 3.55. The predicted molar refractivity (Wildman–Crippen MR) is 88.2 cm³/mol. The smallest absolute Gasteiger partial charge is 0.250 e. The van der Waals surface area contributed by atoms with Gasteiger partial charge in [-0.2, -0.15) is 0 Å². The number of pyridine rings is 1. The number of aryl methyl sites for hydroxylation is 1. The minimum Gasteiger partial charge on any atom is -0.388 e. The van der Waals surface area contributed by atoms with Crippen LogP contribution in [0.15, 0.2) is 47.4 Å². The molecule has 0 saturated carbocycles. The van der Waals surface area contributed by atoms with Crippen LogP contribution in [0.5, 0.6) is 0 Å². The minimum absolute atomic E-state index is 0.0839. The Balaban J connectivity index is 1.67. The molecule has 1 saturated heterocycles. The molecule has 3 rings (SSSR count). The molecule has 1 aliphatic heterocycles. The van der Waals surface area contributed by atoms with E-state index in [4.69, 9.17) is 0 Å². The summed E-state index contributed by atoms with van der Waals surface area (Å²) in [6.07, 6.45) is 2.89. The van der Waals surface area contributed by atoms with E-state index in [1.54, 1.807) is 29.0 Å². The molecular formula is C18H21FN2O2. The topological polar surface area (TPSA) is 45.5 Å². The van der Waals surface area contributed by atoms with E-state index in [0.29, 0.717) is 32.5 Å². The van der Waals surface area contributed by atoms with Gasteiger partial charge in [0.25, 0.3) is 5.56 Å². The summed E-state index contributed by atoms with van der Waals surface area (Å²) in [6, 6.07) is 9.85. The number of anilines is 1. The molecule has 0 bridgehead atoms. The average molecular weight is 316 g/mol. The lowest BCUT2D eigenvalue weighted by Gasteiger charge is -2.39. The van der Waals surface area contributed by atoms with Crippen LogP contribution in [0.4, 0.5) is 10.1 Å². The Hall–Kier alpha value is -2.14. The first kappa shape index (κ1) is 15.7. The van der Waals surface area contributed by atoms with Crippen LogP contribution in [-0.2, 0) is 6.54 Å². The molecule has 1 aromatic heterocycles. The van der Waals surface area contributed by atoms with Gasteiger partial charge in [0, 0.05) is 31.0 Å². The molecule has 0 unspecified atom stereocenters. The third kappa shape index (κ3) is 3.62. The number of benzene rings is 1. The van der Waals surface area contributed by atoms with Crippen molar-refractivity contribution in [2.45, 2.75) is 31.9 Å². The summed E-state index contributed by atoms with van der Waals surface area (Å²) >= 11 is 0. The summed E-state index contributed by atoms with van der Waals surface area (Å²) < 4.78 is 14.6. The fourth-order valence-corrected chi connectivity index (χ4v) is 3.05. The summed E-state index contributed by atoms with van der Waals surface area (Å²) in [4.78, 5) is 14.1. The van der Waals surface area contributed by atoms with Crippen LogP contribution < -0.4 is 10.5 Å². The lowest BCUT2D eigenvalue weighted by Crippen LogP contribution is -2.48. The second kappa shape index (κ2) is 6.16. The van der Waals surface area contributed by atoms with Crippen molar-refractivity contribution in [2.75, 3.05) is 18.0 Å². The molecule has 1 aromatic carbocycles. The van der Waals surface area contributed by atoms with E-state index in [1.807, 2.05) is 13.0 Å². The molecule has 5 heteroatoms. The van der Waals surface area contributed by atoms with Crippen molar-refractivity contribution in [1.82, 2.24) is 4.57 Å². The third-order valence-corrected chi connectivity index (χ3v) is 4.50. The van der Waals surface area contributed by atoms with Crippen LogP contribution in [-0.4, -0.2) is 28.4 Å². The van der Waals surface area contributed by atoms with Crippen molar-refractivity contribution in [3.05, 3.63) is 64.3 Å². The average Bonchev–Trinajstić information content (AvgIpc) is 2.52. The first-order valence-corrected chi connectivity index (χ1v) is 7.85. The van der Waals surface area contributed by atoms with Gasteiger partial charge in [0.1, 0.15) is 5.82 Å². The number of piperidine rings is 1. The third-order valence-electron chi connectivity index (χ3n) is 4.50. The van der Waals surface area contributed by atoms with Crippen LogP contribution in [0.3, 0.4) is 0 Å². The molecule has 0 aliphatic carbocycles. The van der Waals surface area contributed by atoms with Crippen LogP contribution in [0, 0.1) is 12.7 Å². The highest BCUT2D eigenvalue weighted by Crippen LogP contribution is 2.27. The van der Waals surface area contributed by atoms with Gasteiger partial charge in [0.15, 0.2) is 0 Å². The van der Waals surface area contributed by atoms with Crippen molar-refractivity contribution < 1.29 is 9.50 Å². The maximum absolute atomic E-state index is 13.0. The number of aromatic nitrogens is 1. The monoisotopic (exact) mass is 316 g/mol. The van der Waals surface area contributed by atoms with Crippen molar-refractivity contribution in [3.63, 3.8) is 0 Å². The second-order valence-corrected chi connectivity index (χ2v) is 6.36. The maximum Gasteiger partial charge on any atom is 0.250 e. The number of halogens is 1. The standard InChI is InChI=1S/C18H21FN2O2/c1-14-6-9-21(17(22)12-14)13-18(23)7-10-20(11-8-18)16-4-2-15(19)3-5-16/h2-6,9,12,23H,7-8,10-11,13H2,1H3. The Morgan fingerprint density at radius 1 is 1.17 bits per heavy atom. The Morgan fingerprint density at radius 3 is 2.43 bits per heavy atom. The number of hydrogen-bond donors (Lipinski definition) is 1. The zero-order valence-electron chi connectivity index (χ0n) is 13.2. The molecule has 23 heavy (non-hydrogen) atoms. The van der Waals surface area contributed by atoms with E-state index in [0.717, 1.165) is 11.3 Å². The van der Waals surface area contributed by atoms with E-state index in [1.165, 1.54) is 12.1 Å². The molecular weight excluding hydrogens is 295 g/mol. The van der Waals surface area contributed by atoms with Crippen molar-refractivity contribution in [2.24, 2.45) is 0 Å². The Labute approximate surface area is 134 Å². The van der Waals surface area contributed by atoms with E-state index in [9.17, 15) is 14.3 Å². The summed E-state index contributed by atoms with van der Waals surface area (Å²) in [5, 5.41) is 10.8. The first-order chi connectivity index (χ1) is 11.0. The van der Waals surface area contributed by atoms with Crippen molar-refractivity contribution in [3.8, 4) is 0 Å². The number of hydrogen-bond acceptors (Lipinski definition) is 3. The van der Waals surface area contributed by atoms with E-state index in [2.05, 4.69) is 4.90 Å². The highest BCUT2D eigenvalue weighted by molar-refractivity contribution is 5.46. The van der Waals surface area contributed by atoms with Crippen LogP contribution in [0.1, 0.15) is 18.4 Å². The second-order valence-electron chi connectivity index (χ2n) is 6.36. The van der Waals surface area contributed by atoms with Crippen molar-refractivity contribution in [1.29, 1.82) is 0 Å². The fourth-order valence-electron chi connectivity index (χ4n) is 3.05. The highest BCUT2D eigenvalue weighted by atomic mass is 19.1. The van der Waals surface area contributed by atoms with E-state index in [-0.39, 0.29) is 11.4 Å². The van der Waals surface area contributed by atoms with Gasteiger partial charge in [0.2, 0.25) is 0 Å². The van der Waals surface area contributed by atoms with Crippen LogP contribution in [0.2, 0.25) is 0 Å². The van der Waals surface area contributed by atoms with Gasteiger partial charge in [0.05, 0.1) is 12.1 Å². The van der Waals surface area contributed by atoms with Gasteiger partial charge in [-0.15, -0.1) is 0 Å². The number of nitrogens with zero attached hydrogens (tertiary/aromatic N) is 2. The largest absolute Gasteiger partial charge is 0.388 e. The van der Waals surface area contributed by atoms with Gasteiger partial charge in [-0.05, 0) is 55.7 Å². The lowest BCUT2D eigenvalue weighted by atomic mass is 9.91. The predicted octanol–water partition coefficient (Wildman–Crippen LogP) is 2.33. The molecule has 1 N–H and O–H groups in total. The zero-order valence-corrected chi connectivity index (χ0v) is 13.2. The van der Waals surface area contributed by atoms with E-state index >= 15 is 0 Å². The maximum atomic E-state index is 13.0. The molecule has 2 aromatic rings. The van der Waals surface area contributed by atoms with Gasteiger partial charge >= 0.3 is 0 Å². The van der Waals surface area contributed by atoms with Gasteiger partial charge in [-0.3, -0.25) is 4.79 Å². The Morgan fingerprint density at radius 2 is 1.83 bits per heavy atom. The molecule has 4 nitrogen and oxygen atoms in total. The minimum atomic E-state index is -0.879. The molecule has 0 amide bonds. The number of rotatable bonds is 3. The fraction of sp³-hybridized carbons (Fsp3) is 0.389. The summed E-state index contributed by atoms with van der Waals surface area (Å²) in [5.74, 6) is -0.249. The first-order valence-electron chi connectivity index (χ1n) is 7.85. The molecule has 2 heterocycles. The zero-order chi connectivity index (χ0) is 16.4. The molecule has 122 valence electrons. The van der Waals surface area contributed by atoms with Gasteiger partial charge in [-0.25, -0.2) is 4.39 Å². The Bertz CT molecular complexity index is 731. The summed E-state index contributed by atoms with van der Waals surface area (Å²) in [5.41, 5.74) is 0.917. The highest BCUT2D eigenvalue weighted by Gasteiger charge is 2.33. The molecule has 0 radical (unpaired) electrons. The molecule has 0 spiro atoms. The number of aliphatic hydroxyl groups is 1. The van der Waals surface area contributed by atoms with Crippen molar-refractivity contribution >= 4 is 5.69 Å². The van der Waals surface area contributed by atoms with Crippen LogP contribution >= 0.6 is 0 Å². The SMILES string of the molecule is Cc1ccn(CC2(O)CCN(c3ccc(F)cc3)CC2)c(=O)c1. The quantitative estimate of drug-likeness (QED) is 0.945. The molecule has 1 aliphatic rings. The van der Waals surface area contributed by atoms with Gasteiger partial charge < -0.3 is 14.6 Å². The molecule has 0 atom stereocenters. The van der Waals surface area contributed by atoms with Gasteiger partial charge in [-0.1, -0.05) is 0 Å². The molecule has 1 fully saturated rings. The Kier molecular flexibility index (Phi) is 4.22. The van der Waals surface area contributed by atoms with E-state index < -0.39 is 5.60 Å². The summed E-state index contributed by atoms with van der Waals surface area (Å²) in [7, 11) is 0. The van der Waals surface area contributed by atoms with Crippen LogP contribution in [0.25, 0.3) is 0 Å². The lowest BCUT2D eigenvalue weighted by molar-refractivity contribution is -0.000907. The normalized spacial score (nSPS) is 17.3.